The zero-order valence-corrected chi connectivity index (χ0v) is 10.3. The Kier molecular flexibility index (Phi) is 3.77. The summed E-state index contributed by atoms with van der Waals surface area (Å²) in [5, 5.41) is 3.74. The van der Waals surface area contributed by atoms with Gasteiger partial charge in [-0.1, -0.05) is 35.9 Å². The molecule has 0 bridgehead atoms. The molecule has 2 aromatic rings. The normalized spacial score (nSPS) is 10.5. The number of rotatable bonds is 3. The Morgan fingerprint density at radius 1 is 1.12 bits per heavy atom. The van der Waals surface area contributed by atoms with E-state index in [-0.39, 0.29) is 5.82 Å². The first-order valence-corrected chi connectivity index (χ1v) is 5.77. The van der Waals surface area contributed by atoms with Gasteiger partial charge in [0.15, 0.2) is 0 Å². The van der Waals surface area contributed by atoms with Crippen LogP contribution in [-0.2, 0) is 6.54 Å². The zero-order valence-electron chi connectivity index (χ0n) is 9.50. The quantitative estimate of drug-likeness (QED) is 0.871. The fourth-order valence-electron chi connectivity index (χ4n) is 1.73. The summed E-state index contributed by atoms with van der Waals surface area (Å²) in [5.41, 5.74) is 2.80. The Balaban J connectivity index is 2.37. The van der Waals surface area contributed by atoms with Crippen LogP contribution in [0, 0.1) is 5.82 Å². The van der Waals surface area contributed by atoms with Gasteiger partial charge < -0.3 is 5.32 Å². The van der Waals surface area contributed by atoms with Gasteiger partial charge in [-0.15, -0.1) is 0 Å². The fourth-order valence-corrected chi connectivity index (χ4v) is 1.98. The molecule has 2 rings (SSSR count). The van der Waals surface area contributed by atoms with Gasteiger partial charge in [0.1, 0.15) is 5.82 Å². The van der Waals surface area contributed by atoms with Crippen molar-refractivity contribution in [3.8, 4) is 11.1 Å². The highest BCUT2D eigenvalue weighted by molar-refractivity contribution is 6.31. The molecule has 0 aromatic heterocycles. The van der Waals surface area contributed by atoms with Crippen molar-refractivity contribution in [3.05, 3.63) is 58.9 Å². The Labute approximate surface area is 105 Å². The van der Waals surface area contributed by atoms with E-state index in [0.29, 0.717) is 5.02 Å². The Morgan fingerprint density at radius 2 is 1.88 bits per heavy atom. The molecule has 0 heterocycles. The van der Waals surface area contributed by atoms with Crippen molar-refractivity contribution in [1.29, 1.82) is 0 Å². The average Bonchev–Trinajstić information content (AvgIpc) is 2.32. The molecule has 0 unspecified atom stereocenters. The molecule has 1 N–H and O–H groups in total. The van der Waals surface area contributed by atoms with Crippen molar-refractivity contribution in [2.24, 2.45) is 0 Å². The van der Waals surface area contributed by atoms with E-state index in [0.717, 1.165) is 23.2 Å². The maximum Gasteiger partial charge on any atom is 0.123 e. The van der Waals surface area contributed by atoms with Gasteiger partial charge in [0.2, 0.25) is 0 Å². The van der Waals surface area contributed by atoms with Crippen molar-refractivity contribution in [2.75, 3.05) is 7.05 Å². The minimum Gasteiger partial charge on any atom is -0.316 e. The van der Waals surface area contributed by atoms with Crippen LogP contribution in [0.25, 0.3) is 11.1 Å². The van der Waals surface area contributed by atoms with Crippen LogP contribution in [0.5, 0.6) is 0 Å². The summed E-state index contributed by atoms with van der Waals surface area (Å²) in [6, 6.07) is 12.3. The van der Waals surface area contributed by atoms with Gasteiger partial charge in [-0.3, -0.25) is 0 Å². The standard InChI is InChI=1S/C14H13ClFN/c1-17-9-12-6-5-11(8-14(12)15)10-3-2-4-13(16)7-10/h2-8,17H,9H2,1H3. The predicted molar refractivity (Wildman–Crippen MR) is 69.6 cm³/mol. The first-order valence-electron chi connectivity index (χ1n) is 5.39. The molecular formula is C14H13ClFN. The summed E-state index contributed by atoms with van der Waals surface area (Å²) < 4.78 is 13.1. The summed E-state index contributed by atoms with van der Waals surface area (Å²) in [7, 11) is 1.87. The van der Waals surface area contributed by atoms with E-state index < -0.39 is 0 Å². The van der Waals surface area contributed by atoms with Gasteiger partial charge in [-0.25, -0.2) is 4.39 Å². The second-order valence-corrected chi connectivity index (χ2v) is 4.25. The highest BCUT2D eigenvalue weighted by atomic mass is 35.5. The number of nitrogens with one attached hydrogen (secondary N) is 1. The molecule has 0 radical (unpaired) electrons. The van der Waals surface area contributed by atoms with Crippen molar-refractivity contribution in [2.45, 2.75) is 6.54 Å². The Morgan fingerprint density at radius 3 is 2.53 bits per heavy atom. The van der Waals surface area contributed by atoms with Crippen LogP contribution in [0.2, 0.25) is 5.02 Å². The van der Waals surface area contributed by atoms with Gasteiger partial charge in [0.05, 0.1) is 0 Å². The second-order valence-electron chi connectivity index (χ2n) is 3.85. The molecule has 0 amide bonds. The van der Waals surface area contributed by atoms with Crippen LogP contribution in [0.4, 0.5) is 4.39 Å². The molecule has 0 aliphatic rings. The monoisotopic (exact) mass is 249 g/mol. The smallest absolute Gasteiger partial charge is 0.123 e. The zero-order chi connectivity index (χ0) is 12.3. The topological polar surface area (TPSA) is 12.0 Å². The van der Waals surface area contributed by atoms with E-state index in [4.69, 9.17) is 11.6 Å². The molecule has 0 fully saturated rings. The first-order chi connectivity index (χ1) is 8.20. The van der Waals surface area contributed by atoms with Gasteiger partial charge in [0.25, 0.3) is 0 Å². The number of benzene rings is 2. The van der Waals surface area contributed by atoms with Crippen molar-refractivity contribution < 1.29 is 4.39 Å². The maximum atomic E-state index is 13.1. The van der Waals surface area contributed by atoms with Crippen molar-refractivity contribution in [3.63, 3.8) is 0 Å². The Hall–Kier alpha value is -1.38. The lowest BCUT2D eigenvalue weighted by Gasteiger charge is -2.07. The van der Waals surface area contributed by atoms with E-state index in [1.54, 1.807) is 6.07 Å². The van der Waals surface area contributed by atoms with E-state index in [9.17, 15) is 4.39 Å². The molecule has 0 aliphatic heterocycles. The molecule has 2 aromatic carbocycles. The third kappa shape index (κ3) is 2.84. The van der Waals surface area contributed by atoms with Crippen molar-refractivity contribution in [1.82, 2.24) is 5.32 Å². The SMILES string of the molecule is CNCc1ccc(-c2cccc(F)c2)cc1Cl. The first kappa shape index (κ1) is 12.1. The molecule has 0 saturated heterocycles. The summed E-state index contributed by atoms with van der Waals surface area (Å²) in [6.07, 6.45) is 0. The third-order valence-electron chi connectivity index (χ3n) is 2.58. The van der Waals surface area contributed by atoms with Crippen molar-refractivity contribution >= 4 is 11.6 Å². The van der Waals surface area contributed by atoms with Crippen LogP contribution in [0.3, 0.4) is 0 Å². The highest BCUT2D eigenvalue weighted by Crippen LogP contribution is 2.26. The molecular weight excluding hydrogens is 237 g/mol. The lowest BCUT2D eigenvalue weighted by atomic mass is 10.0. The lowest BCUT2D eigenvalue weighted by Crippen LogP contribution is -2.05. The molecule has 17 heavy (non-hydrogen) atoms. The molecule has 1 nitrogen and oxygen atoms in total. The van der Waals surface area contributed by atoms with Crippen LogP contribution in [0.1, 0.15) is 5.56 Å². The van der Waals surface area contributed by atoms with Gasteiger partial charge >= 0.3 is 0 Å². The summed E-state index contributed by atoms with van der Waals surface area (Å²) in [6.45, 7) is 0.724. The minimum absolute atomic E-state index is 0.238. The summed E-state index contributed by atoms with van der Waals surface area (Å²) in [5.74, 6) is -0.238. The predicted octanol–water partition coefficient (Wildman–Crippen LogP) is 3.87. The minimum atomic E-state index is -0.238. The molecule has 0 atom stereocenters. The van der Waals surface area contributed by atoms with E-state index in [1.807, 2.05) is 31.3 Å². The molecule has 0 saturated carbocycles. The summed E-state index contributed by atoms with van der Waals surface area (Å²) in [4.78, 5) is 0. The van der Waals surface area contributed by atoms with Crippen LogP contribution >= 0.6 is 11.6 Å². The van der Waals surface area contributed by atoms with Gasteiger partial charge in [-0.05, 0) is 41.9 Å². The molecule has 0 spiro atoms. The van der Waals surface area contributed by atoms with Gasteiger partial charge in [-0.2, -0.15) is 0 Å². The largest absolute Gasteiger partial charge is 0.316 e. The molecule has 3 heteroatoms. The maximum absolute atomic E-state index is 13.1. The molecule has 0 aliphatic carbocycles. The highest BCUT2D eigenvalue weighted by Gasteiger charge is 2.03. The van der Waals surface area contributed by atoms with E-state index in [1.165, 1.54) is 12.1 Å². The average molecular weight is 250 g/mol. The number of hydrogen-bond acceptors (Lipinski definition) is 1. The summed E-state index contributed by atoms with van der Waals surface area (Å²) >= 11 is 6.16. The lowest BCUT2D eigenvalue weighted by molar-refractivity contribution is 0.628. The molecule has 88 valence electrons. The fraction of sp³-hybridized carbons (Fsp3) is 0.143. The van der Waals surface area contributed by atoms with E-state index in [2.05, 4.69) is 5.32 Å². The Bertz CT molecular complexity index is 525. The van der Waals surface area contributed by atoms with Crippen LogP contribution in [-0.4, -0.2) is 7.05 Å². The van der Waals surface area contributed by atoms with Gasteiger partial charge in [0, 0.05) is 11.6 Å². The van der Waals surface area contributed by atoms with Crippen LogP contribution in [0.15, 0.2) is 42.5 Å². The second kappa shape index (κ2) is 5.30. The van der Waals surface area contributed by atoms with E-state index >= 15 is 0 Å². The number of hydrogen-bond donors (Lipinski definition) is 1. The third-order valence-corrected chi connectivity index (χ3v) is 2.93. The van der Waals surface area contributed by atoms with Crippen LogP contribution < -0.4 is 5.32 Å². The number of halogens is 2.